The first kappa shape index (κ1) is 18.4. The van der Waals surface area contributed by atoms with E-state index < -0.39 is 5.60 Å². The van der Waals surface area contributed by atoms with Gasteiger partial charge in [0.15, 0.2) is 5.96 Å². The third-order valence-corrected chi connectivity index (χ3v) is 4.41. The molecule has 0 spiro atoms. The molecule has 2 aromatic rings. The Hall–Kier alpha value is -1.92. The number of halogens is 1. The number of aliphatic imine (C=N–C) groups is 1. The number of guanidine groups is 1. The maximum absolute atomic E-state index is 13.3. The van der Waals surface area contributed by atoms with Gasteiger partial charge in [0.05, 0.1) is 13.1 Å². The maximum Gasteiger partial charge on any atom is 0.191 e. The van der Waals surface area contributed by atoms with Crippen LogP contribution in [-0.2, 0) is 12.1 Å². The summed E-state index contributed by atoms with van der Waals surface area (Å²) in [7, 11) is 0. The van der Waals surface area contributed by atoms with Gasteiger partial charge in [0.25, 0.3) is 0 Å². The standard InChI is InChI=1S/C18H24FN3OS/c1-4-20-17(21-10-14-5-6-16(19)13(2)9-14)22-12-18(3,23)15-7-8-24-11-15/h5-9,11,23H,4,10,12H2,1-3H3,(H2,20,21,22). The van der Waals surface area contributed by atoms with Gasteiger partial charge in [-0.05, 0) is 60.4 Å². The number of rotatable bonds is 6. The normalized spacial score (nSPS) is 14.3. The Labute approximate surface area is 146 Å². The van der Waals surface area contributed by atoms with E-state index in [4.69, 9.17) is 0 Å². The summed E-state index contributed by atoms with van der Waals surface area (Å²) < 4.78 is 13.3. The van der Waals surface area contributed by atoms with E-state index in [-0.39, 0.29) is 5.82 Å². The van der Waals surface area contributed by atoms with Crippen molar-refractivity contribution >= 4 is 17.3 Å². The molecule has 0 aliphatic heterocycles. The van der Waals surface area contributed by atoms with Gasteiger partial charge in [-0.25, -0.2) is 9.38 Å². The van der Waals surface area contributed by atoms with Gasteiger partial charge in [-0.15, -0.1) is 0 Å². The number of hydrogen-bond acceptors (Lipinski definition) is 3. The summed E-state index contributed by atoms with van der Waals surface area (Å²) in [6.45, 7) is 7.00. The highest BCUT2D eigenvalue weighted by atomic mass is 32.1. The summed E-state index contributed by atoms with van der Waals surface area (Å²) in [6.07, 6.45) is 0. The lowest BCUT2D eigenvalue weighted by molar-refractivity contribution is 0.0621. The molecule has 6 heteroatoms. The van der Waals surface area contributed by atoms with Crippen molar-refractivity contribution in [1.29, 1.82) is 0 Å². The molecule has 24 heavy (non-hydrogen) atoms. The Morgan fingerprint density at radius 3 is 2.75 bits per heavy atom. The second kappa shape index (κ2) is 8.26. The molecular weight excluding hydrogens is 325 g/mol. The lowest BCUT2D eigenvalue weighted by atomic mass is 9.99. The predicted molar refractivity (Wildman–Crippen MR) is 97.8 cm³/mol. The zero-order valence-corrected chi connectivity index (χ0v) is 15.1. The smallest absolute Gasteiger partial charge is 0.191 e. The third-order valence-electron chi connectivity index (χ3n) is 3.73. The molecule has 0 aliphatic carbocycles. The van der Waals surface area contributed by atoms with Crippen LogP contribution >= 0.6 is 11.3 Å². The van der Waals surface area contributed by atoms with Crippen molar-refractivity contribution in [3.8, 4) is 0 Å². The minimum absolute atomic E-state index is 0.209. The van der Waals surface area contributed by atoms with E-state index in [1.165, 1.54) is 6.07 Å². The molecule has 1 aromatic heterocycles. The molecule has 0 radical (unpaired) electrons. The van der Waals surface area contributed by atoms with Crippen LogP contribution in [0, 0.1) is 12.7 Å². The Morgan fingerprint density at radius 2 is 2.12 bits per heavy atom. The van der Waals surface area contributed by atoms with Crippen LogP contribution in [0.15, 0.2) is 40.0 Å². The number of thiophene rings is 1. The van der Waals surface area contributed by atoms with E-state index in [0.717, 1.165) is 17.7 Å². The summed E-state index contributed by atoms with van der Waals surface area (Å²) in [6, 6.07) is 6.90. The third kappa shape index (κ3) is 5.04. The van der Waals surface area contributed by atoms with E-state index in [9.17, 15) is 9.50 Å². The largest absolute Gasteiger partial charge is 0.384 e. The molecule has 4 nitrogen and oxygen atoms in total. The molecule has 0 bridgehead atoms. The summed E-state index contributed by atoms with van der Waals surface area (Å²) in [4.78, 5) is 4.50. The van der Waals surface area contributed by atoms with E-state index in [0.29, 0.717) is 24.6 Å². The Kier molecular flexibility index (Phi) is 6.34. The molecule has 0 saturated carbocycles. The van der Waals surface area contributed by atoms with Crippen molar-refractivity contribution in [3.63, 3.8) is 0 Å². The van der Waals surface area contributed by atoms with Crippen LogP contribution in [0.25, 0.3) is 0 Å². The molecular formula is C18H24FN3OS. The van der Waals surface area contributed by atoms with Crippen molar-refractivity contribution in [3.05, 3.63) is 57.5 Å². The number of nitrogens with one attached hydrogen (secondary N) is 2. The molecule has 1 unspecified atom stereocenters. The fraction of sp³-hybridized carbons (Fsp3) is 0.389. The summed E-state index contributed by atoms with van der Waals surface area (Å²) in [5, 5.41) is 20.8. The topological polar surface area (TPSA) is 56.7 Å². The van der Waals surface area contributed by atoms with Crippen molar-refractivity contribution < 1.29 is 9.50 Å². The van der Waals surface area contributed by atoms with E-state index in [1.807, 2.05) is 23.8 Å². The first-order chi connectivity index (χ1) is 11.4. The van der Waals surface area contributed by atoms with E-state index in [2.05, 4.69) is 15.6 Å². The maximum atomic E-state index is 13.3. The van der Waals surface area contributed by atoms with Crippen molar-refractivity contribution in [2.24, 2.45) is 4.99 Å². The number of aliphatic hydroxyl groups is 1. The summed E-state index contributed by atoms with van der Waals surface area (Å²) in [5.74, 6) is 0.412. The molecule has 1 heterocycles. The SMILES string of the molecule is CCNC(=NCc1ccc(F)c(C)c1)NCC(C)(O)c1ccsc1. The number of nitrogens with zero attached hydrogens (tertiary/aromatic N) is 1. The van der Waals surface area contributed by atoms with Gasteiger partial charge in [-0.1, -0.05) is 12.1 Å². The van der Waals surface area contributed by atoms with Gasteiger partial charge in [0.1, 0.15) is 11.4 Å². The van der Waals surface area contributed by atoms with Crippen LogP contribution in [-0.4, -0.2) is 24.2 Å². The monoisotopic (exact) mass is 349 g/mol. The fourth-order valence-electron chi connectivity index (χ4n) is 2.25. The van der Waals surface area contributed by atoms with Crippen LogP contribution < -0.4 is 10.6 Å². The average Bonchev–Trinajstić information content (AvgIpc) is 3.09. The van der Waals surface area contributed by atoms with Gasteiger partial charge in [0.2, 0.25) is 0 Å². The molecule has 0 fully saturated rings. The number of aryl methyl sites for hydroxylation is 1. The Morgan fingerprint density at radius 1 is 1.33 bits per heavy atom. The zero-order valence-electron chi connectivity index (χ0n) is 14.3. The van der Waals surface area contributed by atoms with Gasteiger partial charge >= 0.3 is 0 Å². The van der Waals surface area contributed by atoms with Crippen LogP contribution in [0.4, 0.5) is 4.39 Å². The first-order valence-electron chi connectivity index (χ1n) is 7.94. The van der Waals surface area contributed by atoms with Gasteiger partial charge < -0.3 is 15.7 Å². The van der Waals surface area contributed by atoms with E-state index >= 15 is 0 Å². The first-order valence-corrected chi connectivity index (χ1v) is 8.89. The molecule has 130 valence electrons. The lowest BCUT2D eigenvalue weighted by Gasteiger charge is -2.24. The Bertz CT molecular complexity index is 684. The molecule has 1 aromatic carbocycles. The summed E-state index contributed by atoms with van der Waals surface area (Å²) in [5.41, 5.74) is 1.46. The average molecular weight is 349 g/mol. The minimum atomic E-state index is -0.970. The van der Waals surface area contributed by atoms with Crippen molar-refractivity contribution in [2.45, 2.75) is 32.9 Å². The number of benzene rings is 1. The molecule has 0 amide bonds. The molecule has 3 N–H and O–H groups in total. The van der Waals surface area contributed by atoms with Gasteiger partial charge in [-0.3, -0.25) is 0 Å². The highest BCUT2D eigenvalue weighted by Gasteiger charge is 2.23. The second-order valence-electron chi connectivity index (χ2n) is 5.92. The van der Waals surface area contributed by atoms with Crippen molar-refractivity contribution in [2.75, 3.05) is 13.1 Å². The van der Waals surface area contributed by atoms with Crippen LogP contribution in [0.2, 0.25) is 0 Å². The highest BCUT2D eigenvalue weighted by Crippen LogP contribution is 2.21. The molecule has 2 rings (SSSR count). The van der Waals surface area contributed by atoms with Gasteiger partial charge in [0, 0.05) is 6.54 Å². The quantitative estimate of drug-likeness (QED) is 0.555. The predicted octanol–water partition coefficient (Wildman–Crippen LogP) is 3.16. The van der Waals surface area contributed by atoms with Crippen LogP contribution in [0.3, 0.4) is 0 Å². The fourth-order valence-corrected chi connectivity index (χ4v) is 3.03. The van der Waals surface area contributed by atoms with Gasteiger partial charge in [-0.2, -0.15) is 11.3 Å². The zero-order chi connectivity index (χ0) is 17.6. The highest BCUT2D eigenvalue weighted by molar-refractivity contribution is 7.08. The van der Waals surface area contributed by atoms with Crippen molar-refractivity contribution in [1.82, 2.24) is 10.6 Å². The molecule has 1 atom stereocenters. The van der Waals surface area contributed by atoms with Crippen LogP contribution in [0.1, 0.15) is 30.5 Å². The lowest BCUT2D eigenvalue weighted by Crippen LogP contribution is -2.44. The molecule has 0 aliphatic rings. The minimum Gasteiger partial charge on any atom is -0.384 e. The van der Waals surface area contributed by atoms with Crippen LogP contribution in [0.5, 0.6) is 0 Å². The Balaban J connectivity index is 2.01. The molecule has 0 saturated heterocycles. The second-order valence-corrected chi connectivity index (χ2v) is 6.70. The van der Waals surface area contributed by atoms with E-state index in [1.54, 1.807) is 37.3 Å². The number of hydrogen-bond donors (Lipinski definition) is 3. The summed E-state index contributed by atoms with van der Waals surface area (Å²) >= 11 is 1.56.